The average Bonchev–Trinajstić information content (AvgIpc) is 3.20. The maximum Gasteiger partial charge on any atom is 0.261 e. The molecule has 1 atom stereocenters. The Labute approximate surface area is 149 Å². The van der Waals surface area contributed by atoms with Crippen molar-refractivity contribution in [3.63, 3.8) is 0 Å². The van der Waals surface area contributed by atoms with Gasteiger partial charge >= 0.3 is 0 Å². The third-order valence-electron chi connectivity index (χ3n) is 3.82. The molecule has 3 aromatic rings. The van der Waals surface area contributed by atoms with E-state index in [1.807, 2.05) is 24.3 Å². The number of carbonyl (C=O) groups excluding carboxylic acids is 2. The lowest BCUT2D eigenvalue weighted by Crippen LogP contribution is -2.29. The fraction of sp³-hybridized carbons (Fsp3) is 0.278. The molecule has 7 heteroatoms. The number of rotatable bonds is 6. The van der Waals surface area contributed by atoms with Gasteiger partial charge < -0.3 is 16.0 Å². The summed E-state index contributed by atoms with van der Waals surface area (Å²) in [5, 5.41) is 3.02. The summed E-state index contributed by atoms with van der Waals surface area (Å²) in [4.78, 5) is 32.5. The van der Waals surface area contributed by atoms with E-state index in [1.165, 1.54) is 0 Å². The number of amides is 2. The van der Waals surface area contributed by atoms with Crippen molar-refractivity contribution in [3.05, 3.63) is 52.0 Å². The molecule has 2 aromatic heterocycles. The third kappa shape index (κ3) is 3.88. The van der Waals surface area contributed by atoms with Crippen LogP contribution in [-0.4, -0.2) is 21.8 Å². The lowest BCUT2D eigenvalue weighted by molar-refractivity contribution is 0.0933. The van der Waals surface area contributed by atoms with Crippen molar-refractivity contribution >= 4 is 34.2 Å². The van der Waals surface area contributed by atoms with Crippen molar-refractivity contribution in [2.75, 3.05) is 0 Å². The fourth-order valence-corrected chi connectivity index (χ4v) is 3.43. The summed E-state index contributed by atoms with van der Waals surface area (Å²) in [5.41, 5.74) is 7.06. The van der Waals surface area contributed by atoms with E-state index >= 15 is 0 Å². The van der Waals surface area contributed by atoms with Crippen LogP contribution >= 0.6 is 11.3 Å². The van der Waals surface area contributed by atoms with Crippen LogP contribution in [0.5, 0.6) is 0 Å². The molecule has 0 saturated carbocycles. The number of thiophene rings is 1. The number of nitrogens with zero attached hydrogens (tertiary/aromatic N) is 1. The van der Waals surface area contributed by atoms with Crippen molar-refractivity contribution in [2.45, 2.75) is 26.3 Å². The number of primary amides is 1. The van der Waals surface area contributed by atoms with Gasteiger partial charge in [-0.05, 0) is 36.6 Å². The molecule has 0 spiro atoms. The summed E-state index contributed by atoms with van der Waals surface area (Å²) >= 11 is 1.09. The molecule has 3 rings (SSSR count). The first kappa shape index (κ1) is 17.2. The highest BCUT2D eigenvalue weighted by atomic mass is 32.1. The minimum atomic E-state index is -0.528. The molecule has 0 unspecified atom stereocenters. The number of carbonyl (C=O) groups is 2. The van der Waals surface area contributed by atoms with Gasteiger partial charge in [-0.25, -0.2) is 4.98 Å². The number of H-pyrrole nitrogens is 1. The Hall–Kier alpha value is -2.67. The Morgan fingerprint density at radius 1 is 1.20 bits per heavy atom. The molecule has 2 amide bonds. The van der Waals surface area contributed by atoms with Crippen LogP contribution < -0.4 is 11.1 Å². The number of aromatic nitrogens is 2. The molecule has 0 aliphatic rings. The van der Waals surface area contributed by atoms with Crippen molar-refractivity contribution in [2.24, 2.45) is 11.7 Å². The van der Waals surface area contributed by atoms with Gasteiger partial charge in [-0.15, -0.1) is 11.3 Å². The van der Waals surface area contributed by atoms with Crippen LogP contribution in [0.3, 0.4) is 0 Å². The summed E-state index contributed by atoms with van der Waals surface area (Å²) in [6.07, 6.45) is 0.750. The second-order valence-corrected chi connectivity index (χ2v) is 7.41. The zero-order valence-electron chi connectivity index (χ0n) is 14.1. The molecule has 0 fully saturated rings. The predicted molar refractivity (Wildman–Crippen MR) is 98.6 cm³/mol. The summed E-state index contributed by atoms with van der Waals surface area (Å²) in [6.45, 7) is 4.19. The number of fused-ring (bicyclic) bond motifs is 1. The SMILES string of the molecule is CC(C)C[C@@H](NC(=O)c1ccc(C(N)=O)s1)c1nc2ccccc2[nH]1. The summed E-state index contributed by atoms with van der Waals surface area (Å²) in [6, 6.07) is 10.7. The first-order chi connectivity index (χ1) is 11.9. The van der Waals surface area contributed by atoms with Crippen LogP contribution in [-0.2, 0) is 0 Å². The summed E-state index contributed by atoms with van der Waals surface area (Å²) < 4.78 is 0. The van der Waals surface area contributed by atoms with Crippen molar-refractivity contribution in [3.8, 4) is 0 Å². The maximum absolute atomic E-state index is 12.6. The number of imidazole rings is 1. The molecular weight excluding hydrogens is 336 g/mol. The molecule has 0 aliphatic carbocycles. The van der Waals surface area contributed by atoms with Gasteiger partial charge in [-0.2, -0.15) is 0 Å². The minimum Gasteiger partial charge on any atom is -0.365 e. The molecule has 4 N–H and O–H groups in total. The number of benzene rings is 1. The van der Waals surface area contributed by atoms with Gasteiger partial charge in [0, 0.05) is 0 Å². The Morgan fingerprint density at radius 3 is 2.56 bits per heavy atom. The second kappa shape index (κ2) is 7.06. The lowest BCUT2D eigenvalue weighted by Gasteiger charge is -2.18. The van der Waals surface area contributed by atoms with E-state index in [1.54, 1.807) is 12.1 Å². The quantitative estimate of drug-likeness (QED) is 0.632. The van der Waals surface area contributed by atoms with Crippen LogP contribution in [0.15, 0.2) is 36.4 Å². The highest BCUT2D eigenvalue weighted by molar-refractivity contribution is 7.15. The van der Waals surface area contributed by atoms with Crippen LogP contribution in [0.4, 0.5) is 0 Å². The van der Waals surface area contributed by atoms with Crippen LogP contribution in [0.2, 0.25) is 0 Å². The van der Waals surface area contributed by atoms with E-state index < -0.39 is 5.91 Å². The Balaban J connectivity index is 1.84. The largest absolute Gasteiger partial charge is 0.365 e. The third-order valence-corrected chi connectivity index (χ3v) is 4.92. The Bertz CT molecular complexity index is 880. The Morgan fingerprint density at radius 2 is 1.92 bits per heavy atom. The standard InChI is InChI=1S/C18H20N4O2S/c1-10(2)9-13(17-20-11-5-3-4-6-12(11)21-17)22-18(24)15-8-7-14(25-15)16(19)23/h3-8,10,13H,9H2,1-2H3,(H2,19,23)(H,20,21)(H,22,24)/t13-/m1/s1. The van der Waals surface area contributed by atoms with Gasteiger partial charge in [0.1, 0.15) is 5.82 Å². The van der Waals surface area contributed by atoms with Gasteiger partial charge in [0.15, 0.2) is 0 Å². The fourth-order valence-electron chi connectivity index (χ4n) is 2.67. The van der Waals surface area contributed by atoms with Gasteiger partial charge in [0.25, 0.3) is 11.8 Å². The number of hydrogen-bond acceptors (Lipinski definition) is 4. The number of nitrogens with two attached hydrogens (primary N) is 1. The van der Waals surface area contributed by atoms with Crippen LogP contribution in [0.1, 0.15) is 51.5 Å². The molecule has 0 aliphatic heterocycles. The predicted octanol–water partition coefficient (Wildman–Crippen LogP) is 3.24. The molecule has 0 radical (unpaired) electrons. The number of para-hydroxylation sites is 2. The topological polar surface area (TPSA) is 101 Å². The average molecular weight is 356 g/mol. The van der Waals surface area contributed by atoms with Crippen LogP contribution in [0, 0.1) is 5.92 Å². The molecule has 2 heterocycles. The first-order valence-electron chi connectivity index (χ1n) is 8.09. The second-order valence-electron chi connectivity index (χ2n) is 6.32. The summed E-state index contributed by atoms with van der Waals surface area (Å²) in [5.74, 6) is 0.349. The van der Waals surface area contributed by atoms with Crippen LogP contribution in [0.25, 0.3) is 11.0 Å². The number of nitrogens with one attached hydrogen (secondary N) is 2. The van der Waals surface area contributed by atoms with Gasteiger partial charge in [-0.1, -0.05) is 26.0 Å². The summed E-state index contributed by atoms with van der Waals surface area (Å²) in [7, 11) is 0. The van der Waals surface area contributed by atoms with Crippen molar-refractivity contribution < 1.29 is 9.59 Å². The molecule has 25 heavy (non-hydrogen) atoms. The van der Waals surface area contributed by atoms with E-state index in [-0.39, 0.29) is 11.9 Å². The molecule has 130 valence electrons. The zero-order valence-corrected chi connectivity index (χ0v) is 14.9. The van der Waals surface area contributed by atoms with Crippen molar-refractivity contribution in [1.29, 1.82) is 0 Å². The number of hydrogen-bond donors (Lipinski definition) is 3. The first-order valence-corrected chi connectivity index (χ1v) is 8.91. The van der Waals surface area contributed by atoms with Crippen molar-refractivity contribution in [1.82, 2.24) is 15.3 Å². The van der Waals surface area contributed by atoms with E-state index in [0.29, 0.717) is 15.7 Å². The normalized spacial score (nSPS) is 12.4. The molecule has 0 bridgehead atoms. The van der Waals surface area contributed by atoms with E-state index in [9.17, 15) is 9.59 Å². The Kier molecular flexibility index (Phi) is 4.85. The molecule has 1 aromatic carbocycles. The van der Waals surface area contributed by atoms with Gasteiger partial charge in [-0.3, -0.25) is 9.59 Å². The monoisotopic (exact) mass is 356 g/mol. The van der Waals surface area contributed by atoms with E-state index in [2.05, 4.69) is 29.1 Å². The maximum atomic E-state index is 12.6. The smallest absolute Gasteiger partial charge is 0.261 e. The molecular formula is C18H20N4O2S. The van der Waals surface area contributed by atoms with E-state index in [4.69, 9.17) is 5.73 Å². The number of aromatic amines is 1. The van der Waals surface area contributed by atoms with E-state index in [0.717, 1.165) is 34.6 Å². The molecule has 0 saturated heterocycles. The highest BCUT2D eigenvalue weighted by Gasteiger charge is 2.21. The van der Waals surface area contributed by atoms with Gasteiger partial charge in [0.2, 0.25) is 0 Å². The minimum absolute atomic E-state index is 0.233. The van der Waals surface area contributed by atoms with Gasteiger partial charge in [0.05, 0.1) is 26.8 Å². The zero-order chi connectivity index (χ0) is 18.0. The molecule has 6 nitrogen and oxygen atoms in total. The highest BCUT2D eigenvalue weighted by Crippen LogP contribution is 2.23. The lowest BCUT2D eigenvalue weighted by atomic mass is 10.0.